The summed E-state index contributed by atoms with van der Waals surface area (Å²) < 4.78 is 0. The van der Waals surface area contributed by atoms with Gasteiger partial charge in [-0.1, -0.05) is 0 Å². The van der Waals surface area contributed by atoms with E-state index in [0.717, 1.165) is 0 Å². The van der Waals surface area contributed by atoms with Crippen LogP contribution >= 0.6 is 0 Å². The Morgan fingerprint density at radius 1 is 1.00 bits per heavy atom. The van der Waals surface area contributed by atoms with Crippen LogP contribution in [0, 0.1) is 0 Å². The molecule has 0 fully saturated rings. The molecule has 4 heteroatoms. The summed E-state index contributed by atoms with van der Waals surface area (Å²) in [6, 6.07) is 0. The Morgan fingerprint density at radius 2 is 1.00 bits per heavy atom. The molecule has 13 valence electrons. The molecule has 0 aromatic heterocycles. The van der Waals surface area contributed by atoms with Gasteiger partial charge in [0.1, 0.15) is 0 Å². The molecule has 0 bridgehead atoms. The monoisotopic (exact) mass is 373 g/mol. The van der Waals surface area contributed by atoms with E-state index in [-0.39, 0.29) is 86.8 Å². The second-order valence-corrected chi connectivity index (χ2v) is 0. The third kappa shape index (κ3) is 8.85. The maximum Gasteiger partial charge on any atom is 0 e. The predicted molar refractivity (Wildman–Crippen MR) is 17.3 cm³/mol. The van der Waals surface area contributed by atoms with Crippen molar-refractivity contribution in [2.24, 2.45) is 0 Å². The zero-order valence-electron chi connectivity index (χ0n) is 2.28. The van der Waals surface area contributed by atoms with Gasteiger partial charge < -0.3 is 0 Å². The Morgan fingerprint density at radius 3 is 1.00 bits per heavy atom. The van der Waals surface area contributed by atoms with Crippen LogP contribution < -0.4 is 0 Å². The minimum Gasteiger partial charge on any atom is 0 e. The molecule has 0 spiro atoms. The number of rotatable bonds is 0. The molecule has 11 radical (unpaired) electrons. The fraction of sp³-hybridized carbons (Fsp3) is 0. The largest absolute Gasteiger partial charge is 0 e. The quantitative estimate of drug-likeness (QED) is 0.472. The molecule has 0 heterocycles. The van der Waals surface area contributed by atoms with Crippen molar-refractivity contribution >= 4 is 67.3 Å². The summed E-state index contributed by atoms with van der Waals surface area (Å²) in [5, 5.41) is 0. The molecule has 0 aliphatic carbocycles. The first-order valence-electron chi connectivity index (χ1n) is 0. The molecule has 0 aromatic rings. The van der Waals surface area contributed by atoms with E-state index in [2.05, 4.69) is 0 Å². The van der Waals surface area contributed by atoms with Crippen LogP contribution in [0.5, 0.6) is 0 Å². The average molecular weight is 372 g/mol. The molecule has 0 aliphatic rings. The minimum absolute atomic E-state index is 0. The van der Waals surface area contributed by atoms with Gasteiger partial charge in [0.25, 0.3) is 0 Å². The Balaban J connectivity index is 0. The van der Waals surface area contributed by atoms with Crippen LogP contribution in [0.25, 0.3) is 0 Å². The first-order chi connectivity index (χ1) is 0. The van der Waals surface area contributed by atoms with Crippen LogP contribution in [0.15, 0.2) is 0 Å². The maximum atomic E-state index is 0. The third-order valence-electron chi connectivity index (χ3n) is 0. The summed E-state index contributed by atoms with van der Waals surface area (Å²) in [5.41, 5.74) is 0. The topological polar surface area (TPSA) is 0 Å². The molecule has 0 aromatic carbocycles. The number of hydrogen-bond acceptors (Lipinski definition) is 0. The molecular weight excluding hydrogens is 372 g/mol. The van der Waals surface area contributed by atoms with Gasteiger partial charge in [-0.3, -0.25) is 0 Å². The Bertz CT molecular complexity index is 8.00. The third-order valence-corrected chi connectivity index (χ3v) is 0. The van der Waals surface area contributed by atoms with E-state index >= 15 is 0 Å². The Labute approximate surface area is 85.3 Å². The molecule has 0 aliphatic heterocycles. The van der Waals surface area contributed by atoms with E-state index in [1.807, 2.05) is 0 Å². The molecule has 4 heavy (non-hydrogen) atoms. The standard InChI is InChI=1S/Ge.In.Sn.Zn. The van der Waals surface area contributed by atoms with Crippen molar-refractivity contribution in [2.45, 2.75) is 0 Å². The summed E-state index contributed by atoms with van der Waals surface area (Å²) in [7, 11) is 0. The first-order valence-corrected chi connectivity index (χ1v) is 0. The predicted octanol–water partition coefficient (Wildman–Crippen LogP) is -1.14. The molecule has 0 rings (SSSR count). The van der Waals surface area contributed by atoms with Crippen molar-refractivity contribution in [1.29, 1.82) is 0 Å². The van der Waals surface area contributed by atoms with Gasteiger partial charge in [0.2, 0.25) is 0 Å². The van der Waals surface area contributed by atoms with E-state index in [1.54, 1.807) is 0 Å². The average Bonchev–Trinajstić information content (AvgIpc) is 0. The molecule has 0 amide bonds. The van der Waals surface area contributed by atoms with Crippen LogP contribution in [-0.4, -0.2) is 67.3 Å². The smallest absolute Gasteiger partial charge is 0 e. The van der Waals surface area contributed by atoms with Crippen molar-refractivity contribution in [3.63, 3.8) is 0 Å². The summed E-state index contributed by atoms with van der Waals surface area (Å²) in [6.07, 6.45) is 0. The summed E-state index contributed by atoms with van der Waals surface area (Å²) in [5.74, 6) is 0. The van der Waals surface area contributed by atoms with Gasteiger partial charge in [0.15, 0.2) is 0 Å². The van der Waals surface area contributed by atoms with E-state index in [0.29, 0.717) is 0 Å². The molecule has 0 nitrogen and oxygen atoms in total. The van der Waals surface area contributed by atoms with Crippen LogP contribution in [0.4, 0.5) is 0 Å². The van der Waals surface area contributed by atoms with Gasteiger partial charge in [-0.25, -0.2) is 0 Å². The normalized spacial score (nSPS) is 0. The van der Waals surface area contributed by atoms with Gasteiger partial charge in [-0.15, -0.1) is 0 Å². The maximum absolute atomic E-state index is 0. The molecule has 0 N–H and O–H groups in total. The van der Waals surface area contributed by atoms with Crippen LogP contribution in [0.1, 0.15) is 0 Å². The molecule has 0 saturated heterocycles. The van der Waals surface area contributed by atoms with Crippen molar-refractivity contribution in [2.75, 3.05) is 0 Å². The van der Waals surface area contributed by atoms with Gasteiger partial charge >= 0.3 is 0 Å². The molecule has 0 atom stereocenters. The van der Waals surface area contributed by atoms with E-state index in [4.69, 9.17) is 0 Å². The van der Waals surface area contributed by atoms with Crippen molar-refractivity contribution in [1.82, 2.24) is 0 Å². The van der Waals surface area contributed by atoms with E-state index in [9.17, 15) is 0 Å². The second-order valence-electron chi connectivity index (χ2n) is 0. The van der Waals surface area contributed by atoms with E-state index < -0.39 is 0 Å². The van der Waals surface area contributed by atoms with Crippen molar-refractivity contribution in [3.8, 4) is 0 Å². The Kier molecular flexibility index (Phi) is 123. The van der Waals surface area contributed by atoms with Gasteiger partial charge in [0.05, 0.1) is 0 Å². The summed E-state index contributed by atoms with van der Waals surface area (Å²) in [4.78, 5) is 0. The molecular formula is GeInSnZn. The van der Waals surface area contributed by atoms with Crippen molar-refractivity contribution in [3.05, 3.63) is 0 Å². The van der Waals surface area contributed by atoms with E-state index in [1.165, 1.54) is 0 Å². The first kappa shape index (κ1) is 29.0. The fourth-order valence-corrected chi connectivity index (χ4v) is 0. The minimum atomic E-state index is 0. The Hall–Kier alpha value is 2.84. The van der Waals surface area contributed by atoms with Gasteiger partial charge in [0, 0.05) is 86.8 Å². The fourth-order valence-electron chi connectivity index (χ4n) is 0. The van der Waals surface area contributed by atoms with Crippen LogP contribution in [0.3, 0.4) is 0 Å². The summed E-state index contributed by atoms with van der Waals surface area (Å²) in [6.45, 7) is 0. The van der Waals surface area contributed by atoms with Gasteiger partial charge in [-0.2, -0.15) is 0 Å². The molecule has 0 unspecified atom stereocenters. The second kappa shape index (κ2) is 17.0. The van der Waals surface area contributed by atoms with Crippen LogP contribution in [0.2, 0.25) is 0 Å². The van der Waals surface area contributed by atoms with Crippen molar-refractivity contribution < 1.29 is 19.5 Å². The summed E-state index contributed by atoms with van der Waals surface area (Å²) >= 11 is 0. The SMILES string of the molecule is [Ge].[In].[Sn].[Zn]. The van der Waals surface area contributed by atoms with Crippen LogP contribution in [-0.2, 0) is 19.5 Å². The van der Waals surface area contributed by atoms with Gasteiger partial charge in [-0.05, 0) is 0 Å². The zero-order chi connectivity index (χ0) is 0. The molecule has 0 saturated carbocycles. The number of hydrogen-bond donors (Lipinski definition) is 0. The zero-order valence-corrected chi connectivity index (χ0v) is 13.5.